The molecule has 3 rings (SSSR count). The lowest BCUT2D eigenvalue weighted by Crippen LogP contribution is -2.30. The molecule has 3 aromatic rings. The van der Waals surface area contributed by atoms with Crippen molar-refractivity contribution in [2.45, 2.75) is 18.2 Å². The van der Waals surface area contributed by atoms with E-state index in [1.54, 1.807) is 6.26 Å². The fourth-order valence-corrected chi connectivity index (χ4v) is 3.46. The summed E-state index contributed by atoms with van der Waals surface area (Å²) in [4.78, 5) is 39.5. The highest BCUT2D eigenvalue weighted by atomic mass is 35.5. The number of esters is 1. The number of nitro groups is 1. The second kappa shape index (κ2) is 9.79. The summed E-state index contributed by atoms with van der Waals surface area (Å²) in [7, 11) is 0. The van der Waals surface area contributed by atoms with E-state index in [1.165, 1.54) is 65.8 Å². The van der Waals surface area contributed by atoms with Crippen molar-refractivity contribution in [1.82, 2.24) is 9.55 Å². The zero-order valence-electron chi connectivity index (χ0n) is 16.7. The number of carbonyl (C=O) groups is 2. The standard InChI is InChI=1S/C20H16ClFN4O5S/c1-11(18(27)24-16-8-7-14(26(29)30)9-15(16)21)31-19(28)17-10-23-20(32-2)25(17)13-5-3-12(22)4-6-13/h3-11H,1-2H3,(H,24,27). The zero-order valence-corrected chi connectivity index (χ0v) is 18.3. The molecule has 0 fully saturated rings. The van der Waals surface area contributed by atoms with Crippen molar-refractivity contribution in [3.05, 3.63) is 75.3 Å². The van der Waals surface area contributed by atoms with Crippen LogP contribution in [0.2, 0.25) is 5.02 Å². The first kappa shape index (κ1) is 23.2. The van der Waals surface area contributed by atoms with Crippen molar-refractivity contribution in [3.63, 3.8) is 0 Å². The SMILES string of the molecule is CSc1ncc(C(=O)OC(C)C(=O)Nc2ccc([N+](=O)[O-])cc2Cl)n1-c1ccc(F)cc1. The summed E-state index contributed by atoms with van der Waals surface area (Å²) in [6, 6.07) is 9.03. The van der Waals surface area contributed by atoms with Gasteiger partial charge in [-0.3, -0.25) is 19.5 Å². The maximum absolute atomic E-state index is 13.3. The molecule has 0 saturated heterocycles. The molecule has 1 atom stereocenters. The van der Waals surface area contributed by atoms with Crippen LogP contribution in [0.4, 0.5) is 15.8 Å². The number of thioether (sulfide) groups is 1. The van der Waals surface area contributed by atoms with E-state index in [9.17, 15) is 24.1 Å². The topological polar surface area (TPSA) is 116 Å². The van der Waals surface area contributed by atoms with Gasteiger partial charge in [0.25, 0.3) is 11.6 Å². The van der Waals surface area contributed by atoms with Gasteiger partial charge >= 0.3 is 5.97 Å². The number of nitro benzene ring substituents is 1. The van der Waals surface area contributed by atoms with Crippen LogP contribution < -0.4 is 5.32 Å². The molecule has 0 aliphatic rings. The van der Waals surface area contributed by atoms with E-state index in [-0.39, 0.29) is 22.1 Å². The summed E-state index contributed by atoms with van der Waals surface area (Å²) in [5.41, 5.74) is 0.446. The van der Waals surface area contributed by atoms with E-state index in [0.717, 1.165) is 6.07 Å². The molecule has 9 nitrogen and oxygen atoms in total. The summed E-state index contributed by atoms with van der Waals surface area (Å²) < 4.78 is 20.1. The number of nitrogens with zero attached hydrogens (tertiary/aromatic N) is 3. The highest BCUT2D eigenvalue weighted by Crippen LogP contribution is 2.27. The first-order valence-electron chi connectivity index (χ1n) is 9.04. The summed E-state index contributed by atoms with van der Waals surface area (Å²) in [6.07, 6.45) is 1.85. The molecule has 1 aromatic heterocycles. The number of aromatic nitrogens is 2. The lowest BCUT2D eigenvalue weighted by molar-refractivity contribution is -0.384. The van der Waals surface area contributed by atoms with Crippen molar-refractivity contribution in [3.8, 4) is 5.69 Å². The molecule has 1 unspecified atom stereocenters. The van der Waals surface area contributed by atoms with Gasteiger partial charge in [0.2, 0.25) is 0 Å². The van der Waals surface area contributed by atoms with Gasteiger partial charge in [0, 0.05) is 17.8 Å². The van der Waals surface area contributed by atoms with Crippen LogP contribution in [0.1, 0.15) is 17.4 Å². The molecule has 0 radical (unpaired) electrons. The smallest absolute Gasteiger partial charge is 0.357 e. The Hall–Kier alpha value is -3.44. The number of ether oxygens (including phenoxy) is 1. The number of non-ortho nitro benzene ring substituents is 1. The maximum atomic E-state index is 13.3. The summed E-state index contributed by atoms with van der Waals surface area (Å²) in [5, 5.41) is 13.7. The molecular formula is C20H16ClFN4O5S. The van der Waals surface area contributed by atoms with Gasteiger partial charge in [-0.25, -0.2) is 14.2 Å². The van der Waals surface area contributed by atoms with Gasteiger partial charge in [0.1, 0.15) is 5.82 Å². The Balaban J connectivity index is 1.76. The molecule has 0 saturated carbocycles. The molecule has 1 heterocycles. The second-order valence-corrected chi connectivity index (χ2v) is 7.58. The highest BCUT2D eigenvalue weighted by molar-refractivity contribution is 7.98. The van der Waals surface area contributed by atoms with E-state index in [1.807, 2.05) is 0 Å². The van der Waals surface area contributed by atoms with Gasteiger partial charge in [-0.05, 0) is 43.5 Å². The van der Waals surface area contributed by atoms with Crippen LogP contribution in [0.3, 0.4) is 0 Å². The third-order valence-electron chi connectivity index (χ3n) is 4.28. The van der Waals surface area contributed by atoms with E-state index in [4.69, 9.17) is 16.3 Å². The number of benzene rings is 2. The van der Waals surface area contributed by atoms with E-state index < -0.39 is 28.7 Å². The van der Waals surface area contributed by atoms with Crippen molar-refractivity contribution >= 4 is 46.6 Å². The van der Waals surface area contributed by atoms with Crippen molar-refractivity contribution in [1.29, 1.82) is 0 Å². The third-order valence-corrected chi connectivity index (χ3v) is 5.25. The van der Waals surface area contributed by atoms with Crippen LogP contribution in [0.25, 0.3) is 5.69 Å². The Morgan fingerprint density at radius 1 is 1.28 bits per heavy atom. The number of amides is 1. The molecule has 0 bridgehead atoms. The van der Waals surface area contributed by atoms with Gasteiger partial charge in [0.05, 0.1) is 21.8 Å². The highest BCUT2D eigenvalue weighted by Gasteiger charge is 2.24. The van der Waals surface area contributed by atoms with Crippen LogP contribution in [0, 0.1) is 15.9 Å². The minimum absolute atomic E-state index is 0.0370. The average molecular weight is 479 g/mol. The Kier molecular flexibility index (Phi) is 7.11. The van der Waals surface area contributed by atoms with Gasteiger partial charge < -0.3 is 10.1 Å². The maximum Gasteiger partial charge on any atom is 0.357 e. The minimum atomic E-state index is -1.22. The Bertz CT molecular complexity index is 1190. The van der Waals surface area contributed by atoms with E-state index >= 15 is 0 Å². The van der Waals surface area contributed by atoms with Crippen LogP contribution in [0.5, 0.6) is 0 Å². The number of carbonyl (C=O) groups excluding carboxylic acids is 2. The predicted octanol–water partition coefficient (Wildman–Crippen LogP) is 4.48. The number of anilines is 1. The Labute approximate surface area is 190 Å². The molecule has 32 heavy (non-hydrogen) atoms. The van der Waals surface area contributed by atoms with Crippen LogP contribution >= 0.6 is 23.4 Å². The van der Waals surface area contributed by atoms with Gasteiger partial charge in [-0.1, -0.05) is 23.4 Å². The average Bonchev–Trinajstić information content (AvgIpc) is 3.19. The lowest BCUT2D eigenvalue weighted by Gasteiger charge is -2.15. The lowest BCUT2D eigenvalue weighted by atomic mass is 10.2. The monoisotopic (exact) mass is 478 g/mol. The van der Waals surface area contributed by atoms with Crippen molar-refractivity contribution in [2.75, 3.05) is 11.6 Å². The van der Waals surface area contributed by atoms with Crippen molar-refractivity contribution < 1.29 is 23.6 Å². The molecular weight excluding hydrogens is 463 g/mol. The fourth-order valence-electron chi connectivity index (χ4n) is 2.69. The molecule has 12 heteroatoms. The minimum Gasteiger partial charge on any atom is -0.448 e. The number of halogens is 2. The molecule has 2 aromatic carbocycles. The van der Waals surface area contributed by atoms with Gasteiger partial charge in [-0.15, -0.1) is 0 Å². The number of nitrogens with one attached hydrogen (secondary N) is 1. The number of rotatable bonds is 7. The first-order valence-corrected chi connectivity index (χ1v) is 10.6. The summed E-state index contributed by atoms with van der Waals surface area (Å²) in [6.45, 7) is 1.36. The Morgan fingerprint density at radius 3 is 2.56 bits per heavy atom. The summed E-state index contributed by atoms with van der Waals surface area (Å²) in [5.74, 6) is -1.94. The quantitative estimate of drug-likeness (QED) is 0.230. The van der Waals surface area contributed by atoms with Crippen LogP contribution in [-0.2, 0) is 9.53 Å². The molecule has 0 aliphatic heterocycles. The molecule has 1 N–H and O–H groups in total. The fraction of sp³-hybridized carbons (Fsp3) is 0.150. The zero-order chi connectivity index (χ0) is 23.4. The molecule has 0 spiro atoms. The number of imidazole rings is 1. The normalized spacial score (nSPS) is 11.6. The van der Waals surface area contributed by atoms with Crippen LogP contribution in [0.15, 0.2) is 53.8 Å². The van der Waals surface area contributed by atoms with Crippen molar-refractivity contribution in [2.24, 2.45) is 0 Å². The molecule has 166 valence electrons. The number of hydrogen-bond donors (Lipinski definition) is 1. The van der Waals surface area contributed by atoms with Gasteiger partial charge in [0.15, 0.2) is 17.0 Å². The first-order chi connectivity index (χ1) is 15.2. The third kappa shape index (κ3) is 5.06. The van der Waals surface area contributed by atoms with Crippen LogP contribution in [-0.4, -0.2) is 38.7 Å². The molecule has 1 amide bonds. The summed E-state index contributed by atoms with van der Waals surface area (Å²) >= 11 is 7.25. The largest absolute Gasteiger partial charge is 0.448 e. The predicted molar refractivity (Wildman–Crippen MR) is 117 cm³/mol. The van der Waals surface area contributed by atoms with E-state index in [2.05, 4.69) is 10.3 Å². The Morgan fingerprint density at radius 2 is 1.97 bits per heavy atom. The second-order valence-electron chi connectivity index (χ2n) is 6.40. The van der Waals surface area contributed by atoms with E-state index in [0.29, 0.717) is 10.8 Å². The molecule has 0 aliphatic carbocycles. The van der Waals surface area contributed by atoms with Gasteiger partial charge in [-0.2, -0.15) is 0 Å². The number of hydrogen-bond acceptors (Lipinski definition) is 7.